The fourth-order valence-electron chi connectivity index (χ4n) is 3.86. The minimum atomic E-state index is -2.59. The Kier molecular flexibility index (Phi) is 9.86. The molecule has 0 unspecified atom stereocenters. The summed E-state index contributed by atoms with van der Waals surface area (Å²) in [6, 6.07) is 6.17. The summed E-state index contributed by atoms with van der Waals surface area (Å²) in [6.07, 6.45) is 11.2. The number of rotatable bonds is 12. The summed E-state index contributed by atoms with van der Waals surface area (Å²) in [5.41, 5.74) is 2.19. The summed E-state index contributed by atoms with van der Waals surface area (Å²) in [6.45, 7) is 8.81. The molecular formula is C23H35N5Sn. The second-order valence-electron chi connectivity index (χ2n) is 7.95. The third-order valence-corrected chi connectivity index (χ3v) is 20.8. The first-order valence-corrected chi connectivity index (χ1v) is 18.5. The molecule has 29 heavy (non-hydrogen) atoms. The summed E-state index contributed by atoms with van der Waals surface area (Å²) >= 11 is -2.59. The van der Waals surface area contributed by atoms with E-state index < -0.39 is 18.4 Å². The molecule has 0 fully saturated rings. The van der Waals surface area contributed by atoms with Gasteiger partial charge in [-0.15, -0.1) is 0 Å². The quantitative estimate of drug-likeness (QED) is 0.370. The number of pyridine rings is 1. The maximum absolute atomic E-state index is 9.18. The van der Waals surface area contributed by atoms with Crippen molar-refractivity contribution < 1.29 is 0 Å². The van der Waals surface area contributed by atoms with Gasteiger partial charge >= 0.3 is 181 Å². The van der Waals surface area contributed by atoms with Gasteiger partial charge < -0.3 is 0 Å². The van der Waals surface area contributed by atoms with Crippen LogP contribution >= 0.6 is 0 Å². The van der Waals surface area contributed by atoms with Crippen LogP contribution in [-0.2, 0) is 0 Å². The van der Waals surface area contributed by atoms with E-state index in [9.17, 15) is 5.26 Å². The molecule has 5 nitrogen and oxygen atoms in total. The topological polar surface area (TPSA) is 74.5 Å². The number of nitrogens with one attached hydrogen (secondary N) is 1. The van der Waals surface area contributed by atoms with Crippen molar-refractivity contribution in [1.82, 2.24) is 15.0 Å². The van der Waals surface area contributed by atoms with E-state index in [1.165, 1.54) is 55.5 Å². The fourth-order valence-corrected chi connectivity index (χ4v) is 19.2. The van der Waals surface area contributed by atoms with E-state index in [0.29, 0.717) is 11.5 Å². The number of hydrogen-bond donors (Lipinski definition) is 1. The van der Waals surface area contributed by atoms with Gasteiger partial charge in [0, 0.05) is 0 Å². The molecule has 0 saturated carbocycles. The Balaban J connectivity index is 2.38. The summed E-state index contributed by atoms with van der Waals surface area (Å²) in [4.78, 5) is 13.9. The summed E-state index contributed by atoms with van der Waals surface area (Å²) in [5.74, 6) is 0.632. The number of unbranched alkanes of at least 4 members (excludes halogenated alkanes) is 3. The molecule has 0 saturated heterocycles. The first-order chi connectivity index (χ1) is 14.1. The van der Waals surface area contributed by atoms with Crippen molar-refractivity contribution in [3.63, 3.8) is 0 Å². The molecule has 0 aromatic carbocycles. The SMILES string of the molecule is CCC[CH2][Sn]([CH2]CCC)([CH2]CCC)[c]1ccnc(Nc2cc(C#N)cnc2C)n1. The number of nitrogens with zero attached hydrogens (tertiary/aromatic N) is 4. The van der Waals surface area contributed by atoms with Crippen LogP contribution in [-0.4, -0.2) is 33.3 Å². The molecule has 0 atom stereocenters. The van der Waals surface area contributed by atoms with Crippen molar-refractivity contribution in [1.29, 1.82) is 5.26 Å². The molecule has 156 valence electrons. The Morgan fingerprint density at radius 2 is 1.62 bits per heavy atom. The van der Waals surface area contributed by atoms with Gasteiger partial charge in [-0.1, -0.05) is 0 Å². The van der Waals surface area contributed by atoms with Crippen LogP contribution < -0.4 is 9.03 Å². The molecule has 0 aliphatic carbocycles. The van der Waals surface area contributed by atoms with Crippen molar-refractivity contribution in [2.75, 3.05) is 5.32 Å². The Bertz CT molecular complexity index is 793. The predicted octanol–water partition coefficient (Wildman–Crippen LogP) is 5.85. The zero-order valence-electron chi connectivity index (χ0n) is 18.5. The van der Waals surface area contributed by atoms with Crippen LogP contribution in [0.5, 0.6) is 0 Å². The maximum atomic E-state index is 9.18. The second kappa shape index (κ2) is 12.1. The molecule has 0 bridgehead atoms. The standard InChI is InChI=1S/C11H8N5.3C4H9.Sn/c1-8-10(5-9(6-12)7-15-8)16-11-13-3-2-4-14-11;3*1-3-4-2;/h2-3,5,7H,1H3,(H,13,14,16);3*1,3-4H2,2H3;. The zero-order valence-corrected chi connectivity index (χ0v) is 21.3. The van der Waals surface area contributed by atoms with Gasteiger partial charge in [0.1, 0.15) is 0 Å². The van der Waals surface area contributed by atoms with Gasteiger partial charge in [-0.05, 0) is 0 Å². The fraction of sp³-hybridized carbons (Fsp3) is 0.565. The van der Waals surface area contributed by atoms with E-state index in [1.54, 1.807) is 6.20 Å². The van der Waals surface area contributed by atoms with Gasteiger partial charge in [0.2, 0.25) is 0 Å². The first-order valence-electron chi connectivity index (χ1n) is 11.1. The molecular weight excluding hydrogens is 465 g/mol. The molecule has 0 radical (unpaired) electrons. The van der Waals surface area contributed by atoms with Crippen LogP contribution in [0.3, 0.4) is 0 Å². The second-order valence-corrected chi connectivity index (χ2v) is 21.0. The summed E-state index contributed by atoms with van der Waals surface area (Å²) < 4.78 is 5.50. The molecule has 2 heterocycles. The summed E-state index contributed by atoms with van der Waals surface area (Å²) in [7, 11) is 0. The first kappa shape index (κ1) is 23.6. The van der Waals surface area contributed by atoms with Crippen molar-refractivity contribution in [3.8, 4) is 6.07 Å². The van der Waals surface area contributed by atoms with Crippen LogP contribution in [0, 0.1) is 18.3 Å². The minimum absolute atomic E-state index is 0.539. The third kappa shape index (κ3) is 6.67. The van der Waals surface area contributed by atoms with Gasteiger partial charge in [0.15, 0.2) is 0 Å². The Labute approximate surface area is 180 Å². The Morgan fingerprint density at radius 3 is 2.17 bits per heavy atom. The van der Waals surface area contributed by atoms with E-state index in [0.717, 1.165) is 11.4 Å². The van der Waals surface area contributed by atoms with Crippen molar-refractivity contribution in [2.24, 2.45) is 0 Å². The van der Waals surface area contributed by atoms with Gasteiger partial charge in [-0.25, -0.2) is 0 Å². The van der Waals surface area contributed by atoms with Crippen LogP contribution in [0.4, 0.5) is 11.6 Å². The third-order valence-electron chi connectivity index (χ3n) is 5.69. The van der Waals surface area contributed by atoms with Gasteiger partial charge in [0.05, 0.1) is 0 Å². The molecule has 2 aromatic heterocycles. The number of nitriles is 1. The Hall–Kier alpha value is -1.68. The van der Waals surface area contributed by atoms with E-state index in [-0.39, 0.29) is 0 Å². The predicted molar refractivity (Wildman–Crippen MR) is 124 cm³/mol. The van der Waals surface area contributed by atoms with Gasteiger partial charge in [-0.3, -0.25) is 0 Å². The average Bonchev–Trinajstić information content (AvgIpc) is 2.75. The monoisotopic (exact) mass is 501 g/mol. The van der Waals surface area contributed by atoms with E-state index in [2.05, 4.69) is 48.2 Å². The number of anilines is 2. The van der Waals surface area contributed by atoms with Crippen LogP contribution in [0.25, 0.3) is 0 Å². The molecule has 2 rings (SSSR count). The molecule has 0 aliphatic rings. The zero-order chi connectivity index (χ0) is 21.1. The van der Waals surface area contributed by atoms with Crippen LogP contribution in [0.1, 0.15) is 70.6 Å². The van der Waals surface area contributed by atoms with E-state index >= 15 is 0 Å². The van der Waals surface area contributed by atoms with Gasteiger partial charge in [0.25, 0.3) is 0 Å². The van der Waals surface area contributed by atoms with E-state index in [4.69, 9.17) is 4.98 Å². The molecule has 0 spiro atoms. The molecule has 1 N–H and O–H groups in total. The van der Waals surface area contributed by atoms with Crippen molar-refractivity contribution >= 4 is 33.7 Å². The number of hydrogen-bond acceptors (Lipinski definition) is 5. The van der Waals surface area contributed by atoms with Gasteiger partial charge in [-0.2, -0.15) is 0 Å². The Morgan fingerprint density at radius 1 is 1.00 bits per heavy atom. The number of aromatic nitrogens is 3. The summed E-state index contributed by atoms with van der Waals surface area (Å²) in [5, 5.41) is 12.5. The van der Waals surface area contributed by atoms with E-state index in [1.807, 2.05) is 19.2 Å². The van der Waals surface area contributed by atoms with Crippen LogP contribution in [0.2, 0.25) is 13.3 Å². The van der Waals surface area contributed by atoms with Crippen molar-refractivity contribution in [3.05, 3.63) is 35.8 Å². The average molecular weight is 500 g/mol. The molecule has 2 aromatic rings. The molecule has 6 heteroatoms. The number of aryl methyl sites for hydroxylation is 1. The van der Waals surface area contributed by atoms with Crippen LogP contribution in [0.15, 0.2) is 24.5 Å². The molecule has 0 aliphatic heterocycles. The normalized spacial score (nSPS) is 11.3. The van der Waals surface area contributed by atoms with Crippen molar-refractivity contribution in [2.45, 2.75) is 79.5 Å². The molecule has 0 amide bonds.